The fraction of sp³-hybridized carbons (Fsp3) is 0.650. The van der Waals surface area contributed by atoms with E-state index < -0.39 is 0 Å². The maximum absolute atomic E-state index is 13.4. The van der Waals surface area contributed by atoms with Gasteiger partial charge in [0.05, 0.1) is 12.0 Å². The molecule has 0 aliphatic carbocycles. The molecule has 2 aliphatic heterocycles. The van der Waals surface area contributed by atoms with Crippen LogP contribution in [0.1, 0.15) is 44.7 Å². The summed E-state index contributed by atoms with van der Waals surface area (Å²) in [6, 6.07) is 6.60. The lowest BCUT2D eigenvalue weighted by Gasteiger charge is -2.38. The van der Waals surface area contributed by atoms with E-state index in [-0.39, 0.29) is 29.1 Å². The summed E-state index contributed by atoms with van der Waals surface area (Å²) >= 11 is 0. The third kappa shape index (κ3) is 3.86. The molecule has 1 aromatic carbocycles. The number of fused-ring (bicyclic) bond motifs is 1. The van der Waals surface area contributed by atoms with Crippen molar-refractivity contribution in [1.29, 1.82) is 0 Å². The topological polar surface area (TPSA) is 41.6 Å². The van der Waals surface area contributed by atoms with E-state index in [1.165, 1.54) is 11.1 Å². The highest BCUT2D eigenvalue weighted by Gasteiger charge is 2.44. The van der Waals surface area contributed by atoms with Crippen LogP contribution in [0.25, 0.3) is 0 Å². The van der Waals surface area contributed by atoms with Gasteiger partial charge < -0.3 is 15.0 Å². The van der Waals surface area contributed by atoms with E-state index in [0.717, 1.165) is 44.6 Å². The zero-order chi connectivity index (χ0) is 17.4. The summed E-state index contributed by atoms with van der Waals surface area (Å²) < 4.78 is 5.44. The maximum atomic E-state index is 13.4. The Kier molecular flexibility index (Phi) is 6.18. The van der Waals surface area contributed by atoms with E-state index in [1.807, 2.05) is 4.90 Å². The zero-order valence-electron chi connectivity index (χ0n) is 15.9. The Bertz CT molecular complexity index is 613. The highest BCUT2D eigenvalue weighted by Crippen LogP contribution is 2.38. The van der Waals surface area contributed by atoms with E-state index in [1.54, 1.807) is 7.11 Å². The van der Waals surface area contributed by atoms with Crippen LogP contribution < -0.4 is 10.2 Å². The van der Waals surface area contributed by atoms with Crippen LogP contribution in [0.4, 0.5) is 5.69 Å². The second kappa shape index (κ2) is 7.65. The second-order valence-corrected chi connectivity index (χ2v) is 8.26. The van der Waals surface area contributed by atoms with Crippen molar-refractivity contribution < 1.29 is 9.53 Å². The van der Waals surface area contributed by atoms with Crippen LogP contribution in [0.3, 0.4) is 0 Å². The van der Waals surface area contributed by atoms with Crippen molar-refractivity contribution in [1.82, 2.24) is 5.32 Å². The Morgan fingerprint density at radius 2 is 1.96 bits per heavy atom. The fourth-order valence-corrected chi connectivity index (χ4v) is 3.97. The fourth-order valence-electron chi connectivity index (χ4n) is 3.97. The molecule has 0 bridgehead atoms. The van der Waals surface area contributed by atoms with Crippen molar-refractivity contribution in [2.75, 3.05) is 38.3 Å². The molecule has 1 saturated heterocycles. The molecule has 2 aliphatic rings. The molecule has 0 atom stereocenters. The summed E-state index contributed by atoms with van der Waals surface area (Å²) in [5.41, 5.74) is 3.51. The number of nitrogens with one attached hydrogen (secondary N) is 1. The number of hydrogen-bond donors (Lipinski definition) is 1. The van der Waals surface area contributed by atoms with Crippen LogP contribution in [0.5, 0.6) is 0 Å². The molecule has 0 spiro atoms. The summed E-state index contributed by atoms with van der Waals surface area (Å²) in [7, 11) is 1.70. The number of anilines is 1. The summed E-state index contributed by atoms with van der Waals surface area (Å²) in [6.07, 6.45) is 2.66. The quantitative estimate of drug-likeness (QED) is 0.892. The molecule has 1 aromatic rings. The average molecular weight is 367 g/mol. The summed E-state index contributed by atoms with van der Waals surface area (Å²) in [5, 5.41) is 3.36. The molecular weight excluding hydrogens is 336 g/mol. The maximum Gasteiger partial charge on any atom is 0.235 e. The predicted octanol–water partition coefficient (Wildman–Crippen LogP) is 3.31. The first kappa shape index (κ1) is 20.2. The number of halogens is 1. The van der Waals surface area contributed by atoms with Gasteiger partial charge in [-0.3, -0.25) is 4.79 Å². The molecule has 4 nitrogen and oxygen atoms in total. The van der Waals surface area contributed by atoms with E-state index in [4.69, 9.17) is 4.74 Å². The van der Waals surface area contributed by atoms with Crippen molar-refractivity contribution in [2.24, 2.45) is 5.41 Å². The second-order valence-electron chi connectivity index (χ2n) is 8.26. The monoisotopic (exact) mass is 366 g/mol. The molecular formula is C20H31ClN2O2. The smallest absolute Gasteiger partial charge is 0.235 e. The number of ether oxygens (including phenoxy) is 1. The van der Waals surface area contributed by atoms with Crippen molar-refractivity contribution in [3.05, 3.63) is 29.3 Å². The number of benzene rings is 1. The van der Waals surface area contributed by atoms with Gasteiger partial charge in [0.2, 0.25) is 5.91 Å². The SMILES string of the molecule is COCC1(C(=O)N2CCc3cc(C(C)(C)C)ccc32)CCNCC1.Cl. The van der Waals surface area contributed by atoms with Crippen LogP contribution in [0.2, 0.25) is 0 Å². The molecule has 0 saturated carbocycles. The number of rotatable bonds is 3. The van der Waals surface area contributed by atoms with Gasteiger partial charge in [0.15, 0.2) is 0 Å². The van der Waals surface area contributed by atoms with Crippen molar-refractivity contribution >= 4 is 24.0 Å². The molecule has 0 unspecified atom stereocenters. The Hall–Kier alpha value is -1.10. The molecule has 0 aromatic heterocycles. The number of hydrogen-bond acceptors (Lipinski definition) is 3. The number of carbonyl (C=O) groups excluding carboxylic acids is 1. The molecule has 1 fully saturated rings. The van der Waals surface area contributed by atoms with Crippen molar-refractivity contribution in [3.63, 3.8) is 0 Å². The van der Waals surface area contributed by atoms with E-state index in [0.29, 0.717) is 6.61 Å². The van der Waals surface area contributed by atoms with Gasteiger partial charge in [-0.25, -0.2) is 0 Å². The number of piperidine rings is 1. The number of amides is 1. The standard InChI is InChI=1S/C20H30N2O2.ClH/c1-19(2,3)16-5-6-17-15(13-16)7-12-22(17)18(23)20(14-24-4)8-10-21-11-9-20;/h5-6,13,21H,7-12,14H2,1-4H3;1H. The molecule has 25 heavy (non-hydrogen) atoms. The Morgan fingerprint density at radius 1 is 1.28 bits per heavy atom. The minimum atomic E-state index is -0.371. The lowest BCUT2D eigenvalue weighted by atomic mass is 9.78. The first-order valence-electron chi connectivity index (χ1n) is 9.02. The minimum Gasteiger partial charge on any atom is -0.384 e. The highest BCUT2D eigenvalue weighted by molar-refractivity contribution is 5.99. The molecule has 2 heterocycles. The molecule has 5 heteroatoms. The summed E-state index contributed by atoms with van der Waals surface area (Å²) in [6.45, 7) is 9.78. The van der Waals surface area contributed by atoms with Crippen LogP contribution >= 0.6 is 12.4 Å². The first-order valence-corrected chi connectivity index (χ1v) is 9.02. The van der Waals surface area contributed by atoms with Gasteiger partial charge in [0.1, 0.15) is 0 Å². The van der Waals surface area contributed by atoms with Gasteiger partial charge in [-0.05, 0) is 55.0 Å². The molecule has 1 N–H and O–H groups in total. The third-order valence-corrected chi connectivity index (χ3v) is 5.52. The average Bonchev–Trinajstić information content (AvgIpc) is 2.97. The number of nitrogens with zero attached hydrogens (tertiary/aromatic N) is 1. The number of methoxy groups -OCH3 is 1. The van der Waals surface area contributed by atoms with Gasteiger partial charge in [-0.2, -0.15) is 0 Å². The minimum absolute atomic E-state index is 0. The van der Waals surface area contributed by atoms with E-state index in [2.05, 4.69) is 44.3 Å². The van der Waals surface area contributed by atoms with Crippen molar-refractivity contribution in [3.8, 4) is 0 Å². The summed E-state index contributed by atoms with van der Waals surface area (Å²) in [5.74, 6) is 0.244. The molecule has 0 radical (unpaired) electrons. The van der Waals surface area contributed by atoms with E-state index >= 15 is 0 Å². The van der Waals surface area contributed by atoms with Crippen LogP contribution in [-0.4, -0.2) is 39.3 Å². The summed E-state index contributed by atoms with van der Waals surface area (Å²) in [4.78, 5) is 15.4. The first-order chi connectivity index (χ1) is 11.4. The third-order valence-electron chi connectivity index (χ3n) is 5.52. The van der Waals surface area contributed by atoms with Gasteiger partial charge >= 0.3 is 0 Å². The van der Waals surface area contributed by atoms with Crippen LogP contribution in [0.15, 0.2) is 18.2 Å². The Morgan fingerprint density at radius 3 is 2.56 bits per heavy atom. The number of carbonyl (C=O) groups is 1. The van der Waals surface area contributed by atoms with Gasteiger partial charge in [0, 0.05) is 19.3 Å². The van der Waals surface area contributed by atoms with Crippen molar-refractivity contribution in [2.45, 2.75) is 45.4 Å². The lowest BCUT2D eigenvalue weighted by molar-refractivity contribution is -0.133. The Labute approximate surface area is 157 Å². The molecule has 140 valence electrons. The molecule has 3 rings (SSSR count). The van der Waals surface area contributed by atoms with Gasteiger partial charge in [-0.15, -0.1) is 12.4 Å². The van der Waals surface area contributed by atoms with Crippen LogP contribution in [-0.2, 0) is 21.4 Å². The highest BCUT2D eigenvalue weighted by atomic mass is 35.5. The normalized spacial score (nSPS) is 19.3. The van der Waals surface area contributed by atoms with Crippen LogP contribution in [0, 0.1) is 5.41 Å². The van der Waals surface area contributed by atoms with Gasteiger partial charge in [-0.1, -0.05) is 32.9 Å². The molecule has 1 amide bonds. The van der Waals surface area contributed by atoms with Gasteiger partial charge in [0.25, 0.3) is 0 Å². The lowest BCUT2D eigenvalue weighted by Crippen LogP contribution is -2.51. The predicted molar refractivity (Wildman–Crippen MR) is 105 cm³/mol. The Balaban J connectivity index is 0.00000225. The zero-order valence-corrected chi connectivity index (χ0v) is 16.7. The largest absolute Gasteiger partial charge is 0.384 e. The van der Waals surface area contributed by atoms with E-state index in [9.17, 15) is 4.79 Å².